The number of anilines is 1. The normalized spacial score (nSPS) is 11.4. The van der Waals surface area contributed by atoms with Gasteiger partial charge in [0.25, 0.3) is 0 Å². The molecule has 2 N–H and O–H groups in total. The zero-order valence-corrected chi connectivity index (χ0v) is 11.9. The van der Waals surface area contributed by atoms with E-state index in [-0.39, 0.29) is 16.5 Å². The third kappa shape index (κ3) is 3.58. The third-order valence-corrected chi connectivity index (χ3v) is 2.80. The first-order valence-corrected chi connectivity index (χ1v) is 6.31. The summed E-state index contributed by atoms with van der Waals surface area (Å²) >= 11 is 5.81. The van der Waals surface area contributed by atoms with Gasteiger partial charge in [0.05, 0.1) is 0 Å². The quantitative estimate of drug-likeness (QED) is 0.848. The van der Waals surface area contributed by atoms with Crippen molar-refractivity contribution < 1.29 is 4.74 Å². The highest BCUT2D eigenvalue weighted by Crippen LogP contribution is 2.28. The van der Waals surface area contributed by atoms with Crippen LogP contribution in [0.2, 0.25) is 5.15 Å². The number of hydrogen-bond acceptors (Lipinski definition) is 4. The maximum atomic E-state index is 5.81. The Morgan fingerprint density at radius 1 is 1.16 bits per heavy atom. The Kier molecular flexibility index (Phi) is 3.62. The van der Waals surface area contributed by atoms with E-state index in [1.165, 1.54) is 11.6 Å². The highest BCUT2D eigenvalue weighted by Gasteiger charge is 2.14. The standard InChI is InChI=1S/C14H16ClN3O/c1-14(2,3)9-5-4-6-10(7-9)19-12-8-11(15)17-13(16)18-12/h4-8H,1-3H3,(H2,16,17,18). The van der Waals surface area contributed by atoms with Crippen molar-refractivity contribution in [3.05, 3.63) is 41.0 Å². The van der Waals surface area contributed by atoms with E-state index < -0.39 is 0 Å². The molecule has 2 aromatic rings. The average molecular weight is 278 g/mol. The summed E-state index contributed by atoms with van der Waals surface area (Å²) in [5, 5.41) is 0.259. The van der Waals surface area contributed by atoms with Crippen LogP contribution in [-0.4, -0.2) is 9.97 Å². The van der Waals surface area contributed by atoms with Crippen LogP contribution in [0.3, 0.4) is 0 Å². The summed E-state index contributed by atoms with van der Waals surface area (Å²) < 4.78 is 5.66. The molecule has 0 fully saturated rings. The van der Waals surface area contributed by atoms with Gasteiger partial charge in [0.15, 0.2) is 0 Å². The molecule has 0 aliphatic heterocycles. The number of halogens is 1. The molecule has 0 atom stereocenters. The van der Waals surface area contributed by atoms with Crippen molar-refractivity contribution in [1.82, 2.24) is 9.97 Å². The van der Waals surface area contributed by atoms with Crippen molar-refractivity contribution in [2.45, 2.75) is 26.2 Å². The number of nitrogens with two attached hydrogens (primary N) is 1. The number of aromatic nitrogens is 2. The summed E-state index contributed by atoms with van der Waals surface area (Å²) in [6.45, 7) is 6.43. The van der Waals surface area contributed by atoms with E-state index in [2.05, 4.69) is 36.8 Å². The summed E-state index contributed by atoms with van der Waals surface area (Å²) in [5.74, 6) is 1.12. The molecule has 0 bridgehead atoms. The van der Waals surface area contributed by atoms with E-state index in [1.54, 1.807) is 0 Å². The van der Waals surface area contributed by atoms with Gasteiger partial charge < -0.3 is 10.5 Å². The van der Waals surface area contributed by atoms with Gasteiger partial charge in [-0.15, -0.1) is 0 Å². The molecule has 0 radical (unpaired) electrons. The molecule has 5 heteroatoms. The maximum Gasteiger partial charge on any atom is 0.225 e. The molecular weight excluding hydrogens is 262 g/mol. The molecule has 0 amide bonds. The maximum absolute atomic E-state index is 5.81. The van der Waals surface area contributed by atoms with Gasteiger partial charge in [-0.05, 0) is 23.1 Å². The van der Waals surface area contributed by atoms with Gasteiger partial charge >= 0.3 is 0 Å². The van der Waals surface area contributed by atoms with Crippen LogP contribution < -0.4 is 10.5 Å². The molecule has 0 unspecified atom stereocenters. The van der Waals surface area contributed by atoms with Crippen LogP contribution in [0.15, 0.2) is 30.3 Å². The van der Waals surface area contributed by atoms with E-state index >= 15 is 0 Å². The average Bonchev–Trinajstić information content (AvgIpc) is 2.26. The fourth-order valence-electron chi connectivity index (χ4n) is 1.61. The number of hydrogen-bond donors (Lipinski definition) is 1. The number of benzene rings is 1. The molecule has 0 aliphatic rings. The molecule has 1 aromatic carbocycles. The van der Waals surface area contributed by atoms with Gasteiger partial charge in [-0.1, -0.05) is 44.5 Å². The van der Waals surface area contributed by atoms with Crippen molar-refractivity contribution in [3.8, 4) is 11.6 Å². The first-order valence-electron chi connectivity index (χ1n) is 5.93. The van der Waals surface area contributed by atoms with Gasteiger partial charge in [0, 0.05) is 6.07 Å². The van der Waals surface area contributed by atoms with Crippen molar-refractivity contribution in [2.75, 3.05) is 5.73 Å². The second-order valence-electron chi connectivity index (χ2n) is 5.27. The summed E-state index contributed by atoms with van der Waals surface area (Å²) in [5.41, 5.74) is 6.76. The molecule has 0 saturated carbocycles. The molecule has 0 spiro atoms. The van der Waals surface area contributed by atoms with E-state index in [0.717, 1.165) is 0 Å². The lowest BCUT2D eigenvalue weighted by Crippen LogP contribution is -2.10. The van der Waals surface area contributed by atoms with Crippen LogP contribution in [0.4, 0.5) is 5.95 Å². The van der Waals surface area contributed by atoms with Crippen LogP contribution in [-0.2, 0) is 5.41 Å². The van der Waals surface area contributed by atoms with Gasteiger partial charge in [0.1, 0.15) is 10.9 Å². The Hall–Kier alpha value is -1.81. The largest absolute Gasteiger partial charge is 0.439 e. The second kappa shape index (κ2) is 5.05. The fourth-order valence-corrected chi connectivity index (χ4v) is 1.79. The van der Waals surface area contributed by atoms with Crippen LogP contribution in [0.25, 0.3) is 0 Å². The van der Waals surface area contributed by atoms with Gasteiger partial charge in [0.2, 0.25) is 11.8 Å². The molecule has 0 aliphatic carbocycles. The smallest absolute Gasteiger partial charge is 0.225 e. The molecule has 0 saturated heterocycles. The summed E-state index contributed by atoms with van der Waals surface area (Å²) in [6, 6.07) is 9.38. The summed E-state index contributed by atoms with van der Waals surface area (Å²) in [6.07, 6.45) is 0. The van der Waals surface area contributed by atoms with Crippen molar-refractivity contribution in [3.63, 3.8) is 0 Å². The van der Waals surface area contributed by atoms with Gasteiger partial charge in [-0.25, -0.2) is 4.98 Å². The van der Waals surface area contributed by atoms with Crippen molar-refractivity contribution in [2.24, 2.45) is 0 Å². The first-order chi connectivity index (χ1) is 8.84. The van der Waals surface area contributed by atoms with Crippen LogP contribution >= 0.6 is 11.6 Å². The lowest BCUT2D eigenvalue weighted by molar-refractivity contribution is 0.459. The molecule has 19 heavy (non-hydrogen) atoms. The third-order valence-electron chi connectivity index (χ3n) is 2.61. The Morgan fingerprint density at radius 2 is 1.89 bits per heavy atom. The zero-order chi connectivity index (χ0) is 14.0. The van der Waals surface area contributed by atoms with Crippen LogP contribution in [0.5, 0.6) is 11.6 Å². The number of rotatable bonds is 2. The van der Waals surface area contributed by atoms with Crippen LogP contribution in [0.1, 0.15) is 26.3 Å². The highest BCUT2D eigenvalue weighted by molar-refractivity contribution is 6.29. The molecular formula is C14H16ClN3O. The SMILES string of the molecule is CC(C)(C)c1cccc(Oc2cc(Cl)nc(N)n2)c1. The molecule has 1 aromatic heterocycles. The Morgan fingerprint density at radius 3 is 2.53 bits per heavy atom. The summed E-state index contributed by atoms with van der Waals surface area (Å²) in [7, 11) is 0. The van der Waals surface area contributed by atoms with Gasteiger partial charge in [-0.3, -0.25) is 0 Å². The van der Waals surface area contributed by atoms with Crippen molar-refractivity contribution in [1.29, 1.82) is 0 Å². The monoisotopic (exact) mass is 277 g/mol. The zero-order valence-electron chi connectivity index (χ0n) is 11.1. The molecule has 1 heterocycles. The Balaban J connectivity index is 2.28. The lowest BCUT2D eigenvalue weighted by Gasteiger charge is -2.19. The number of ether oxygens (including phenoxy) is 1. The predicted octanol–water partition coefficient (Wildman–Crippen LogP) is 3.80. The van der Waals surface area contributed by atoms with E-state index in [4.69, 9.17) is 22.1 Å². The Bertz CT molecular complexity index is 573. The number of nitrogens with zero attached hydrogens (tertiary/aromatic N) is 2. The van der Waals surface area contributed by atoms with E-state index in [1.807, 2.05) is 18.2 Å². The molecule has 2 rings (SSSR count). The van der Waals surface area contributed by atoms with E-state index in [0.29, 0.717) is 11.6 Å². The minimum atomic E-state index is 0.0573. The second-order valence-corrected chi connectivity index (χ2v) is 5.65. The summed E-state index contributed by atoms with van der Waals surface area (Å²) in [4.78, 5) is 7.77. The van der Waals surface area contributed by atoms with Crippen LogP contribution in [0, 0.1) is 0 Å². The topological polar surface area (TPSA) is 61.0 Å². The van der Waals surface area contributed by atoms with E-state index in [9.17, 15) is 0 Å². The predicted molar refractivity (Wildman–Crippen MR) is 76.7 cm³/mol. The lowest BCUT2D eigenvalue weighted by atomic mass is 9.87. The first kappa shape index (κ1) is 13.6. The minimum absolute atomic E-state index is 0.0573. The fraction of sp³-hybridized carbons (Fsp3) is 0.286. The molecule has 100 valence electrons. The number of nitrogen functional groups attached to an aromatic ring is 1. The molecule has 4 nitrogen and oxygen atoms in total. The highest BCUT2D eigenvalue weighted by atomic mass is 35.5. The Labute approximate surface area is 117 Å². The minimum Gasteiger partial charge on any atom is -0.439 e. The van der Waals surface area contributed by atoms with Gasteiger partial charge in [-0.2, -0.15) is 4.98 Å². The van der Waals surface area contributed by atoms with Crippen molar-refractivity contribution >= 4 is 17.5 Å².